The molecule has 5 nitrogen and oxygen atoms in total. The second-order valence-corrected chi connectivity index (χ2v) is 7.24. The van der Waals surface area contributed by atoms with Gasteiger partial charge in [-0.3, -0.25) is 4.79 Å². The average molecular weight is 285 g/mol. The minimum Gasteiger partial charge on any atom is -0.480 e. The molecule has 3 fully saturated rings. The minimum atomic E-state index is -0.915. The summed E-state index contributed by atoms with van der Waals surface area (Å²) in [7, 11) is 0. The van der Waals surface area contributed by atoms with Crippen LogP contribution in [0.3, 0.4) is 0 Å². The van der Waals surface area contributed by atoms with Crippen LogP contribution in [0, 0.1) is 5.41 Å². The molecule has 3 rings (SSSR count). The summed E-state index contributed by atoms with van der Waals surface area (Å²) < 4.78 is 5.67. The Kier molecular flexibility index (Phi) is 3.25. The minimum absolute atomic E-state index is 0.0739. The topological polar surface area (TPSA) is 66.8 Å². The van der Waals surface area contributed by atoms with E-state index in [1.165, 1.54) is 23.1 Å². The number of aliphatic carboxylic acids is 1. The van der Waals surface area contributed by atoms with Crippen LogP contribution < -0.4 is 0 Å². The number of carboxylic acids is 1. The van der Waals surface area contributed by atoms with Crippen LogP contribution in [0.2, 0.25) is 0 Å². The van der Waals surface area contributed by atoms with Gasteiger partial charge in [0.05, 0.1) is 12.0 Å². The normalized spacial score (nSPS) is 36.5. The molecule has 0 aromatic rings. The molecule has 1 spiro atoms. The molecule has 3 aliphatic rings. The van der Waals surface area contributed by atoms with E-state index in [4.69, 9.17) is 4.74 Å². The van der Waals surface area contributed by atoms with Crippen LogP contribution in [0.5, 0.6) is 0 Å². The molecule has 19 heavy (non-hydrogen) atoms. The summed E-state index contributed by atoms with van der Waals surface area (Å²) in [6, 6.07) is -0.700. The molecule has 1 amide bonds. The molecule has 2 aliphatic heterocycles. The van der Waals surface area contributed by atoms with Crippen LogP contribution in [-0.2, 0) is 14.3 Å². The number of carbonyl (C=O) groups excluding carboxylic acids is 1. The van der Waals surface area contributed by atoms with Crippen LogP contribution >= 0.6 is 11.8 Å². The lowest BCUT2D eigenvalue weighted by Crippen LogP contribution is -2.49. The van der Waals surface area contributed by atoms with E-state index in [0.717, 1.165) is 19.3 Å². The van der Waals surface area contributed by atoms with Gasteiger partial charge in [-0.1, -0.05) is 6.42 Å². The van der Waals surface area contributed by atoms with Crippen molar-refractivity contribution in [3.63, 3.8) is 0 Å². The Hall–Kier alpha value is -0.750. The van der Waals surface area contributed by atoms with Crippen molar-refractivity contribution < 1.29 is 19.4 Å². The van der Waals surface area contributed by atoms with Gasteiger partial charge in [0.25, 0.3) is 5.91 Å². The van der Waals surface area contributed by atoms with Crippen LogP contribution in [0.4, 0.5) is 0 Å². The molecule has 0 bridgehead atoms. The SMILES string of the molecule is CC1SCC(C(=O)O)N1C(=O)C1CC2(CCC2)CO1. The summed E-state index contributed by atoms with van der Waals surface area (Å²) in [5, 5.41) is 9.13. The van der Waals surface area contributed by atoms with Crippen LogP contribution in [-0.4, -0.2) is 51.8 Å². The average Bonchev–Trinajstić information content (AvgIpc) is 2.91. The van der Waals surface area contributed by atoms with Gasteiger partial charge in [0.2, 0.25) is 0 Å². The molecule has 2 saturated heterocycles. The number of rotatable bonds is 2. The highest BCUT2D eigenvalue weighted by molar-refractivity contribution is 8.00. The highest BCUT2D eigenvalue weighted by atomic mass is 32.2. The van der Waals surface area contributed by atoms with E-state index in [1.54, 1.807) is 0 Å². The molecule has 0 aromatic heterocycles. The van der Waals surface area contributed by atoms with E-state index in [0.29, 0.717) is 12.4 Å². The van der Waals surface area contributed by atoms with E-state index in [9.17, 15) is 14.7 Å². The molecule has 1 aliphatic carbocycles. The van der Waals surface area contributed by atoms with Gasteiger partial charge in [-0.25, -0.2) is 4.79 Å². The molecular weight excluding hydrogens is 266 g/mol. The van der Waals surface area contributed by atoms with Crippen molar-refractivity contribution in [2.75, 3.05) is 12.4 Å². The number of nitrogens with zero attached hydrogens (tertiary/aromatic N) is 1. The van der Waals surface area contributed by atoms with E-state index in [-0.39, 0.29) is 16.7 Å². The van der Waals surface area contributed by atoms with Crippen molar-refractivity contribution in [3.05, 3.63) is 0 Å². The second-order valence-electron chi connectivity index (χ2n) is 5.89. The van der Waals surface area contributed by atoms with Gasteiger partial charge in [-0.15, -0.1) is 11.8 Å². The summed E-state index contributed by atoms with van der Waals surface area (Å²) in [6.07, 6.45) is 3.85. The molecular formula is C13H19NO4S. The number of carboxylic acid groups (broad SMARTS) is 1. The first-order valence-electron chi connectivity index (χ1n) is 6.81. The Morgan fingerprint density at radius 3 is 2.68 bits per heavy atom. The summed E-state index contributed by atoms with van der Waals surface area (Å²) in [5.74, 6) is -0.574. The Morgan fingerprint density at radius 2 is 2.16 bits per heavy atom. The smallest absolute Gasteiger partial charge is 0.327 e. The molecule has 6 heteroatoms. The van der Waals surface area contributed by atoms with Gasteiger partial charge in [-0.05, 0) is 31.6 Å². The maximum Gasteiger partial charge on any atom is 0.327 e. The quantitative estimate of drug-likeness (QED) is 0.829. The zero-order valence-corrected chi connectivity index (χ0v) is 11.8. The Morgan fingerprint density at radius 1 is 1.42 bits per heavy atom. The molecule has 3 unspecified atom stereocenters. The monoisotopic (exact) mass is 285 g/mol. The Balaban J connectivity index is 1.70. The highest BCUT2D eigenvalue weighted by Crippen LogP contribution is 2.49. The van der Waals surface area contributed by atoms with Crippen molar-refractivity contribution in [3.8, 4) is 0 Å². The first-order chi connectivity index (χ1) is 9.02. The number of thioether (sulfide) groups is 1. The number of carbonyl (C=O) groups is 2. The fourth-order valence-corrected chi connectivity index (χ4v) is 4.48. The molecule has 106 valence electrons. The highest BCUT2D eigenvalue weighted by Gasteiger charge is 2.50. The lowest BCUT2D eigenvalue weighted by molar-refractivity contribution is -0.153. The molecule has 2 heterocycles. The predicted molar refractivity (Wildman–Crippen MR) is 70.8 cm³/mol. The van der Waals surface area contributed by atoms with Gasteiger partial charge in [0.1, 0.15) is 12.1 Å². The fraction of sp³-hybridized carbons (Fsp3) is 0.846. The van der Waals surface area contributed by atoms with E-state index >= 15 is 0 Å². The van der Waals surface area contributed by atoms with E-state index < -0.39 is 18.1 Å². The first-order valence-corrected chi connectivity index (χ1v) is 7.85. The largest absolute Gasteiger partial charge is 0.480 e. The molecule has 0 radical (unpaired) electrons. The zero-order valence-electron chi connectivity index (χ0n) is 11.0. The van der Waals surface area contributed by atoms with Gasteiger partial charge >= 0.3 is 5.97 Å². The van der Waals surface area contributed by atoms with Crippen LogP contribution in [0.1, 0.15) is 32.6 Å². The van der Waals surface area contributed by atoms with E-state index in [1.807, 2.05) is 6.92 Å². The van der Waals surface area contributed by atoms with Gasteiger partial charge in [-0.2, -0.15) is 0 Å². The van der Waals surface area contributed by atoms with Crippen LogP contribution in [0.25, 0.3) is 0 Å². The number of amides is 1. The summed E-state index contributed by atoms with van der Waals surface area (Å²) >= 11 is 1.52. The third-order valence-electron chi connectivity index (χ3n) is 4.66. The van der Waals surface area contributed by atoms with Gasteiger partial charge < -0.3 is 14.7 Å². The summed E-state index contributed by atoms with van der Waals surface area (Å²) in [4.78, 5) is 25.3. The molecule has 3 atom stereocenters. The lowest BCUT2D eigenvalue weighted by atomic mass is 9.67. The van der Waals surface area contributed by atoms with Crippen molar-refractivity contribution in [1.29, 1.82) is 0 Å². The molecule has 1 saturated carbocycles. The Labute approximate surface area is 116 Å². The third kappa shape index (κ3) is 2.14. The van der Waals surface area contributed by atoms with Crippen molar-refractivity contribution >= 4 is 23.6 Å². The van der Waals surface area contributed by atoms with Crippen LogP contribution in [0.15, 0.2) is 0 Å². The van der Waals surface area contributed by atoms with Crippen molar-refractivity contribution in [1.82, 2.24) is 4.90 Å². The summed E-state index contributed by atoms with van der Waals surface area (Å²) in [5.41, 5.74) is 0.217. The third-order valence-corrected chi connectivity index (χ3v) is 5.88. The standard InChI is InChI=1S/C13H19NO4S/c1-8-14(9(6-19-8)12(16)17)11(15)10-5-13(7-18-10)3-2-4-13/h8-10H,2-7H2,1H3,(H,16,17). The zero-order chi connectivity index (χ0) is 13.6. The maximum atomic E-state index is 12.5. The number of hydrogen-bond donors (Lipinski definition) is 1. The Bertz CT molecular complexity index is 409. The van der Waals surface area contributed by atoms with Crippen molar-refractivity contribution in [2.45, 2.75) is 50.1 Å². The summed E-state index contributed by atoms with van der Waals surface area (Å²) in [6.45, 7) is 2.55. The molecule has 0 aromatic carbocycles. The van der Waals surface area contributed by atoms with E-state index in [2.05, 4.69) is 0 Å². The van der Waals surface area contributed by atoms with Gasteiger partial charge in [0.15, 0.2) is 0 Å². The fourth-order valence-electron chi connectivity index (χ4n) is 3.31. The predicted octanol–water partition coefficient (Wildman–Crippen LogP) is 1.32. The van der Waals surface area contributed by atoms with Crippen molar-refractivity contribution in [2.24, 2.45) is 5.41 Å². The number of hydrogen-bond acceptors (Lipinski definition) is 4. The number of ether oxygens (including phenoxy) is 1. The second kappa shape index (κ2) is 4.66. The maximum absolute atomic E-state index is 12.5. The van der Waals surface area contributed by atoms with Gasteiger partial charge in [0, 0.05) is 5.75 Å². The molecule has 1 N–H and O–H groups in total. The first kappa shape index (κ1) is 13.2. The lowest BCUT2D eigenvalue weighted by Gasteiger charge is -2.36.